The number of benzene rings is 1. The Kier molecular flexibility index (Phi) is 3.75. The Balaban J connectivity index is 2.84. The van der Waals surface area contributed by atoms with Crippen molar-refractivity contribution in [3.05, 3.63) is 35.1 Å². The van der Waals surface area contributed by atoms with Gasteiger partial charge in [0.15, 0.2) is 0 Å². The summed E-state index contributed by atoms with van der Waals surface area (Å²) >= 11 is 1.54. The smallest absolute Gasteiger partial charge is 0.126 e. The first-order valence-electron chi connectivity index (χ1n) is 4.08. The lowest BCUT2D eigenvalue weighted by Crippen LogP contribution is -2.01. The molecular weight excluding hydrogens is 187 g/mol. The highest BCUT2D eigenvalue weighted by atomic mass is 32.2. The van der Waals surface area contributed by atoms with Crippen LogP contribution in [0.15, 0.2) is 18.2 Å². The monoisotopic (exact) mass is 200 g/mol. The standard InChI is InChI=1S/C10H13FOS/c1-7-3-4-8(5-9(7)11)10(12)6-13-2/h3-5,10,12H,6H2,1-2H3. The van der Waals surface area contributed by atoms with E-state index in [9.17, 15) is 9.50 Å². The third-order valence-corrected chi connectivity index (χ3v) is 2.55. The highest BCUT2D eigenvalue weighted by Gasteiger charge is 2.08. The normalized spacial score (nSPS) is 12.9. The fourth-order valence-electron chi connectivity index (χ4n) is 1.07. The van der Waals surface area contributed by atoms with Crippen LogP contribution in [0.3, 0.4) is 0 Å². The second-order valence-corrected chi connectivity index (χ2v) is 3.89. The molecule has 1 atom stereocenters. The third-order valence-electron chi connectivity index (χ3n) is 1.91. The van der Waals surface area contributed by atoms with Crippen molar-refractivity contribution in [2.75, 3.05) is 12.0 Å². The molecule has 0 spiro atoms. The van der Waals surface area contributed by atoms with Crippen LogP contribution in [0.2, 0.25) is 0 Å². The van der Waals surface area contributed by atoms with Crippen molar-refractivity contribution in [1.82, 2.24) is 0 Å². The summed E-state index contributed by atoms with van der Waals surface area (Å²) < 4.78 is 13.1. The van der Waals surface area contributed by atoms with E-state index in [1.54, 1.807) is 30.8 Å². The zero-order chi connectivity index (χ0) is 9.84. The van der Waals surface area contributed by atoms with Gasteiger partial charge in [0, 0.05) is 5.75 Å². The van der Waals surface area contributed by atoms with Crippen LogP contribution in [0, 0.1) is 12.7 Å². The highest BCUT2D eigenvalue weighted by Crippen LogP contribution is 2.19. The Morgan fingerprint density at radius 3 is 2.77 bits per heavy atom. The van der Waals surface area contributed by atoms with E-state index in [4.69, 9.17) is 0 Å². The summed E-state index contributed by atoms with van der Waals surface area (Å²) in [5.41, 5.74) is 1.26. The van der Waals surface area contributed by atoms with Crippen molar-refractivity contribution in [3.8, 4) is 0 Å². The molecule has 3 heteroatoms. The van der Waals surface area contributed by atoms with Crippen LogP contribution in [0.25, 0.3) is 0 Å². The van der Waals surface area contributed by atoms with Crippen LogP contribution in [-0.2, 0) is 0 Å². The molecule has 1 unspecified atom stereocenters. The van der Waals surface area contributed by atoms with E-state index >= 15 is 0 Å². The van der Waals surface area contributed by atoms with E-state index in [1.807, 2.05) is 6.26 Å². The lowest BCUT2D eigenvalue weighted by Gasteiger charge is -2.09. The van der Waals surface area contributed by atoms with Gasteiger partial charge in [0.1, 0.15) is 5.82 Å². The second kappa shape index (κ2) is 4.63. The zero-order valence-electron chi connectivity index (χ0n) is 7.75. The number of aliphatic hydroxyl groups is 1. The maximum atomic E-state index is 13.1. The fraction of sp³-hybridized carbons (Fsp3) is 0.400. The van der Waals surface area contributed by atoms with Gasteiger partial charge in [-0.15, -0.1) is 0 Å². The summed E-state index contributed by atoms with van der Waals surface area (Å²) in [6, 6.07) is 4.85. The first-order chi connectivity index (χ1) is 6.15. The predicted molar refractivity (Wildman–Crippen MR) is 54.5 cm³/mol. The van der Waals surface area contributed by atoms with Crippen LogP contribution < -0.4 is 0 Å². The van der Waals surface area contributed by atoms with Gasteiger partial charge < -0.3 is 5.11 Å². The maximum Gasteiger partial charge on any atom is 0.126 e. The quantitative estimate of drug-likeness (QED) is 0.809. The van der Waals surface area contributed by atoms with Crippen molar-refractivity contribution in [1.29, 1.82) is 0 Å². The molecule has 0 radical (unpaired) electrons. The minimum absolute atomic E-state index is 0.252. The van der Waals surface area contributed by atoms with Crippen LogP contribution in [0.4, 0.5) is 4.39 Å². The number of aliphatic hydroxyl groups excluding tert-OH is 1. The summed E-state index contributed by atoms with van der Waals surface area (Å²) in [5.74, 6) is 0.348. The molecule has 1 N–H and O–H groups in total. The molecule has 0 saturated carbocycles. The summed E-state index contributed by atoms with van der Waals surface area (Å²) in [4.78, 5) is 0. The molecule has 0 bridgehead atoms. The lowest BCUT2D eigenvalue weighted by atomic mass is 10.1. The first kappa shape index (κ1) is 10.5. The van der Waals surface area contributed by atoms with E-state index in [0.29, 0.717) is 16.9 Å². The number of hydrogen-bond donors (Lipinski definition) is 1. The number of hydrogen-bond acceptors (Lipinski definition) is 2. The molecule has 0 heterocycles. The van der Waals surface area contributed by atoms with Gasteiger partial charge in [-0.2, -0.15) is 11.8 Å². The van der Waals surface area contributed by atoms with Gasteiger partial charge in [-0.1, -0.05) is 12.1 Å². The molecule has 1 rings (SSSR count). The van der Waals surface area contributed by atoms with Gasteiger partial charge in [-0.25, -0.2) is 4.39 Å². The van der Waals surface area contributed by atoms with E-state index in [0.717, 1.165) is 0 Å². The van der Waals surface area contributed by atoms with Crippen molar-refractivity contribution >= 4 is 11.8 Å². The molecule has 0 amide bonds. The topological polar surface area (TPSA) is 20.2 Å². The summed E-state index contributed by atoms with van der Waals surface area (Å²) in [5, 5.41) is 9.55. The minimum Gasteiger partial charge on any atom is -0.388 e. The van der Waals surface area contributed by atoms with E-state index in [-0.39, 0.29) is 5.82 Å². The Bertz CT molecular complexity index is 288. The minimum atomic E-state index is -0.565. The molecule has 72 valence electrons. The molecule has 13 heavy (non-hydrogen) atoms. The van der Waals surface area contributed by atoms with Gasteiger partial charge >= 0.3 is 0 Å². The van der Waals surface area contributed by atoms with Gasteiger partial charge in [-0.3, -0.25) is 0 Å². The molecule has 0 aliphatic heterocycles. The molecule has 0 aliphatic carbocycles. The molecule has 0 aromatic heterocycles. The van der Waals surface area contributed by atoms with Gasteiger partial charge in [-0.05, 0) is 30.4 Å². The molecule has 0 fully saturated rings. The average molecular weight is 200 g/mol. The highest BCUT2D eigenvalue weighted by molar-refractivity contribution is 7.98. The van der Waals surface area contributed by atoms with Crippen LogP contribution in [0.1, 0.15) is 17.2 Å². The molecule has 1 aromatic rings. The predicted octanol–water partition coefficient (Wildman–Crippen LogP) is 2.53. The molecule has 1 aromatic carbocycles. The van der Waals surface area contributed by atoms with E-state index in [1.165, 1.54) is 6.07 Å². The molecule has 0 saturated heterocycles. The Morgan fingerprint density at radius 2 is 2.23 bits per heavy atom. The van der Waals surface area contributed by atoms with Crippen molar-refractivity contribution in [2.24, 2.45) is 0 Å². The average Bonchev–Trinajstić information content (AvgIpc) is 2.10. The number of rotatable bonds is 3. The lowest BCUT2D eigenvalue weighted by molar-refractivity contribution is 0.203. The second-order valence-electron chi connectivity index (χ2n) is 2.98. The molecular formula is C10H13FOS. The number of thioether (sulfide) groups is 1. The number of aryl methyl sites for hydroxylation is 1. The van der Waals surface area contributed by atoms with Crippen LogP contribution >= 0.6 is 11.8 Å². The molecule has 1 nitrogen and oxygen atoms in total. The van der Waals surface area contributed by atoms with Gasteiger partial charge in [0.05, 0.1) is 6.10 Å². The fourth-order valence-corrected chi connectivity index (χ4v) is 1.58. The Hall–Kier alpha value is -0.540. The Labute approximate surface area is 82.0 Å². The largest absolute Gasteiger partial charge is 0.388 e. The zero-order valence-corrected chi connectivity index (χ0v) is 8.57. The van der Waals surface area contributed by atoms with Gasteiger partial charge in [0.25, 0.3) is 0 Å². The van der Waals surface area contributed by atoms with Crippen molar-refractivity contribution in [3.63, 3.8) is 0 Å². The molecule has 0 aliphatic rings. The van der Waals surface area contributed by atoms with E-state index < -0.39 is 6.10 Å². The SMILES string of the molecule is CSCC(O)c1ccc(C)c(F)c1. The summed E-state index contributed by atoms with van der Waals surface area (Å²) in [6.07, 6.45) is 1.35. The third kappa shape index (κ3) is 2.71. The first-order valence-corrected chi connectivity index (χ1v) is 5.47. The van der Waals surface area contributed by atoms with Crippen LogP contribution in [-0.4, -0.2) is 17.1 Å². The van der Waals surface area contributed by atoms with Crippen LogP contribution in [0.5, 0.6) is 0 Å². The summed E-state index contributed by atoms with van der Waals surface area (Å²) in [6.45, 7) is 1.71. The Morgan fingerprint density at radius 1 is 1.54 bits per heavy atom. The maximum absolute atomic E-state index is 13.1. The van der Waals surface area contributed by atoms with E-state index in [2.05, 4.69) is 0 Å². The van der Waals surface area contributed by atoms with Crippen molar-refractivity contribution < 1.29 is 9.50 Å². The van der Waals surface area contributed by atoms with Gasteiger partial charge in [0.2, 0.25) is 0 Å². The number of halogens is 1. The summed E-state index contributed by atoms with van der Waals surface area (Å²) in [7, 11) is 0. The van der Waals surface area contributed by atoms with Crippen molar-refractivity contribution in [2.45, 2.75) is 13.0 Å².